The number of nitrogens with one attached hydrogen (secondary N) is 1. The molecule has 10 nitrogen and oxygen atoms in total. The Hall–Kier alpha value is -4.90. The number of aromatic nitrogens is 2. The topological polar surface area (TPSA) is 122 Å². The third-order valence-corrected chi connectivity index (χ3v) is 7.25. The summed E-state index contributed by atoms with van der Waals surface area (Å²) in [7, 11) is 0. The number of benzene rings is 3. The first kappa shape index (κ1) is 25.4. The number of hydroxylamine groups is 2. The third kappa shape index (κ3) is 4.39. The average molecular weight is 543 g/mol. The molecule has 0 atom stereocenters. The minimum absolute atomic E-state index is 0.0207. The number of para-hydroxylation sites is 1. The molecule has 0 saturated carbocycles. The van der Waals surface area contributed by atoms with Gasteiger partial charge in [-0.15, -0.1) is 5.06 Å². The summed E-state index contributed by atoms with van der Waals surface area (Å²) in [6, 6.07) is 17.2. The molecule has 3 amide bonds. The summed E-state index contributed by atoms with van der Waals surface area (Å²) in [5.74, 6) is -2.26. The van der Waals surface area contributed by atoms with Crippen LogP contribution in [0, 0.1) is 5.82 Å². The van der Waals surface area contributed by atoms with Crippen LogP contribution in [0.3, 0.4) is 0 Å². The third-order valence-electron chi connectivity index (χ3n) is 7.25. The van der Waals surface area contributed by atoms with Gasteiger partial charge in [-0.05, 0) is 54.8 Å². The highest BCUT2D eigenvalue weighted by molar-refractivity contribution is 6.20. The Balaban J connectivity index is 1.15. The number of carbonyl (C=O) groups excluding carboxylic acids is 3. The molecule has 1 fully saturated rings. The van der Waals surface area contributed by atoms with Crippen molar-refractivity contribution in [3.63, 3.8) is 0 Å². The van der Waals surface area contributed by atoms with E-state index < -0.39 is 40.9 Å². The monoisotopic (exact) mass is 542 g/mol. The molecular weight excluding hydrogens is 519 g/mol. The molecule has 6 rings (SSSR count). The largest absolute Gasteiger partial charge is 0.338 e. The second kappa shape index (κ2) is 10.0. The Morgan fingerprint density at radius 3 is 2.25 bits per heavy atom. The number of carbonyl (C=O) groups is 3. The van der Waals surface area contributed by atoms with Gasteiger partial charge in [0, 0.05) is 13.1 Å². The fourth-order valence-electron chi connectivity index (χ4n) is 5.16. The van der Waals surface area contributed by atoms with Gasteiger partial charge in [0.25, 0.3) is 23.3 Å². The first-order valence-electron chi connectivity index (χ1n) is 12.8. The van der Waals surface area contributed by atoms with Crippen molar-refractivity contribution in [2.75, 3.05) is 13.1 Å². The Labute approximate surface area is 226 Å². The van der Waals surface area contributed by atoms with Gasteiger partial charge < -0.3 is 4.90 Å². The van der Waals surface area contributed by atoms with Gasteiger partial charge >= 0.3 is 5.69 Å². The van der Waals surface area contributed by atoms with E-state index in [1.807, 2.05) is 0 Å². The lowest BCUT2D eigenvalue weighted by molar-refractivity contribution is -0.143. The summed E-state index contributed by atoms with van der Waals surface area (Å²) in [4.78, 5) is 72.6. The predicted molar refractivity (Wildman–Crippen MR) is 141 cm³/mol. The first-order valence-corrected chi connectivity index (χ1v) is 12.8. The van der Waals surface area contributed by atoms with Crippen LogP contribution >= 0.6 is 0 Å². The van der Waals surface area contributed by atoms with Crippen molar-refractivity contribution in [3.8, 4) is 0 Å². The van der Waals surface area contributed by atoms with Crippen LogP contribution in [0.2, 0.25) is 0 Å². The van der Waals surface area contributed by atoms with Crippen LogP contribution in [0.1, 0.15) is 49.5 Å². The smallest absolute Gasteiger partial charge is 0.329 e. The highest BCUT2D eigenvalue weighted by Crippen LogP contribution is 2.26. The second-order valence-electron chi connectivity index (χ2n) is 9.72. The van der Waals surface area contributed by atoms with Gasteiger partial charge in [-0.1, -0.05) is 30.3 Å². The fraction of sp³-hybridized carbons (Fsp3) is 0.207. The summed E-state index contributed by atoms with van der Waals surface area (Å²) in [6.45, 7) is 0.494. The number of piperidine rings is 1. The second-order valence-corrected chi connectivity index (χ2v) is 9.72. The molecule has 0 aliphatic carbocycles. The maximum absolute atomic E-state index is 14.8. The van der Waals surface area contributed by atoms with Crippen LogP contribution in [-0.4, -0.2) is 56.4 Å². The quantitative estimate of drug-likeness (QED) is 0.387. The maximum Gasteiger partial charge on any atom is 0.329 e. The Bertz CT molecular complexity index is 1770. The van der Waals surface area contributed by atoms with E-state index in [-0.39, 0.29) is 36.3 Å². The zero-order valence-electron chi connectivity index (χ0n) is 21.1. The number of likely N-dealkylation sites (tertiary alicyclic amines) is 1. The molecule has 40 heavy (non-hydrogen) atoms. The molecule has 0 bridgehead atoms. The van der Waals surface area contributed by atoms with Gasteiger partial charge in [0.05, 0.1) is 40.2 Å². The molecule has 1 aromatic heterocycles. The van der Waals surface area contributed by atoms with Crippen molar-refractivity contribution < 1.29 is 23.6 Å². The Morgan fingerprint density at radius 1 is 0.900 bits per heavy atom. The van der Waals surface area contributed by atoms with Crippen molar-refractivity contribution in [2.24, 2.45) is 0 Å². The maximum atomic E-state index is 14.8. The van der Waals surface area contributed by atoms with Gasteiger partial charge in [-0.2, -0.15) is 0 Å². The van der Waals surface area contributed by atoms with Crippen LogP contribution in [0.25, 0.3) is 10.9 Å². The van der Waals surface area contributed by atoms with Crippen molar-refractivity contribution >= 4 is 28.6 Å². The van der Waals surface area contributed by atoms with Crippen molar-refractivity contribution in [3.05, 3.63) is 116 Å². The molecule has 2 aliphatic heterocycles. The Morgan fingerprint density at radius 2 is 1.55 bits per heavy atom. The SMILES string of the molecule is O=C(c1cc(Cn2c(=O)[nH]c(=O)c3ccccc32)ccc1F)N1CCC(ON2C(=O)c3ccccc3C2=O)CC1. The summed E-state index contributed by atoms with van der Waals surface area (Å²) in [6.07, 6.45) is 0.223. The molecular formula is C29H23FN4O6. The van der Waals surface area contributed by atoms with Crippen LogP contribution in [0.5, 0.6) is 0 Å². The van der Waals surface area contributed by atoms with Crippen LogP contribution in [-0.2, 0) is 11.4 Å². The number of H-pyrrole nitrogens is 1. The van der Waals surface area contributed by atoms with E-state index in [1.54, 1.807) is 48.5 Å². The number of imide groups is 1. The average Bonchev–Trinajstić information content (AvgIpc) is 3.21. The molecule has 3 heterocycles. The number of aromatic amines is 1. The molecule has 11 heteroatoms. The molecule has 4 aromatic rings. The lowest BCUT2D eigenvalue weighted by Gasteiger charge is -2.33. The molecule has 0 unspecified atom stereocenters. The van der Waals surface area contributed by atoms with E-state index in [0.29, 0.717) is 29.3 Å². The minimum atomic E-state index is -0.697. The number of hydrogen-bond donors (Lipinski definition) is 1. The molecule has 0 radical (unpaired) electrons. The van der Waals surface area contributed by atoms with Crippen molar-refractivity contribution in [1.82, 2.24) is 19.5 Å². The lowest BCUT2D eigenvalue weighted by atomic mass is 10.0. The molecule has 202 valence electrons. The van der Waals surface area contributed by atoms with Gasteiger partial charge in [0.1, 0.15) is 5.82 Å². The number of fused-ring (bicyclic) bond motifs is 2. The van der Waals surface area contributed by atoms with Gasteiger partial charge in [0.15, 0.2) is 0 Å². The van der Waals surface area contributed by atoms with Gasteiger partial charge in [-0.3, -0.25) is 33.6 Å². The molecule has 1 saturated heterocycles. The van der Waals surface area contributed by atoms with Crippen LogP contribution < -0.4 is 11.2 Å². The zero-order valence-corrected chi connectivity index (χ0v) is 21.1. The number of hydrogen-bond acceptors (Lipinski definition) is 6. The number of amides is 3. The number of halogens is 1. The molecule has 1 N–H and O–H groups in total. The van der Waals surface area contributed by atoms with E-state index in [0.717, 1.165) is 5.06 Å². The summed E-state index contributed by atoms with van der Waals surface area (Å²) in [5.41, 5.74) is 0.254. The number of nitrogens with zero attached hydrogens (tertiary/aromatic N) is 3. The molecule has 3 aromatic carbocycles. The predicted octanol–water partition coefficient (Wildman–Crippen LogP) is 2.71. The van der Waals surface area contributed by atoms with E-state index in [9.17, 15) is 28.4 Å². The van der Waals surface area contributed by atoms with Crippen molar-refractivity contribution in [2.45, 2.75) is 25.5 Å². The van der Waals surface area contributed by atoms with Crippen molar-refractivity contribution in [1.29, 1.82) is 0 Å². The Kier molecular flexibility index (Phi) is 6.35. The number of rotatable bonds is 5. The summed E-state index contributed by atoms with van der Waals surface area (Å²) < 4.78 is 16.2. The standard InChI is InChI=1S/C29H23FN4O6/c30-23-10-9-17(16-33-24-8-4-3-7-21(24)25(35)31-29(33)39)15-22(23)26(36)32-13-11-18(12-14-32)40-34-27(37)19-5-1-2-6-20(19)28(34)38/h1-10,15,18H,11-14,16H2,(H,31,35,39). The first-order chi connectivity index (χ1) is 19.3. The summed E-state index contributed by atoms with van der Waals surface area (Å²) >= 11 is 0. The van der Waals surface area contributed by atoms with Crippen LogP contribution in [0.15, 0.2) is 76.3 Å². The van der Waals surface area contributed by atoms with Gasteiger partial charge in [-0.25, -0.2) is 9.18 Å². The van der Waals surface area contributed by atoms with E-state index in [2.05, 4.69) is 4.98 Å². The summed E-state index contributed by atoms with van der Waals surface area (Å²) in [5, 5.41) is 1.12. The van der Waals surface area contributed by atoms with Crippen LogP contribution in [0.4, 0.5) is 4.39 Å². The highest BCUT2D eigenvalue weighted by Gasteiger charge is 2.39. The van der Waals surface area contributed by atoms with E-state index in [4.69, 9.17) is 4.84 Å². The minimum Gasteiger partial charge on any atom is -0.338 e. The fourth-order valence-corrected chi connectivity index (χ4v) is 5.16. The lowest BCUT2D eigenvalue weighted by Crippen LogP contribution is -2.44. The normalized spacial score (nSPS) is 15.6. The van der Waals surface area contributed by atoms with Gasteiger partial charge in [0.2, 0.25) is 0 Å². The molecule has 0 spiro atoms. The highest BCUT2D eigenvalue weighted by atomic mass is 19.1. The zero-order chi connectivity index (χ0) is 28.0. The van der Waals surface area contributed by atoms with E-state index in [1.165, 1.54) is 27.7 Å². The van der Waals surface area contributed by atoms with E-state index >= 15 is 0 Å². The molecule has 2 aliphatic rings.